The summed E-state index contributed by atoms with van der Waals surface area (Å²) in [6.45, 7) is 0.920. The van der Waals surface area contributed by atoms with Gasteiger partial charge in [-0.15, -0.1) is 0 Å². The standard InChI is InChI=1S/C9H18N2O4/c10-4-2-1-3-5-15-8(12)6-7(11)9(13)14/h7H,1-6,10-11H2,(H,13,14)/t7-/m0/s1. The fourth-order valence-corrected chi connectivity index (χ4v) is 0.935. The van der Waals surface area contributed by atoms with Crippen molar-refractivity contribution in [3.8, 4) is 0 Å². The molecule has 0 aliphatic carbocycles. The van der Waals surface area contributed by atoms with Crippen molar-refractivity contribution in [1.29, 1.82) is 0 Å². The van der Waals surface area contributed by atoms with Gasteiger partial charge >= 0.3 is 11.9 Å². The number of carboxylic acid groups (broad SMARTS) is 1. The smallest absolute Gasteiger partial charge is 0.321 e. The predicted molar refractivity (Wildman–Crippen MR) is 54.1 cm³/mol. The van der Waals surface area contributed by atoms with Crippen LogP contribution in [0.15, 0.2) is 0 Å². The summed E-state index contributed by atoms with van der Waals surface area (Å²) in [5.41, 5.74) is 10.4. The Balaban J connectivity index is 3.45. The second kappa shape index (κ2) is 8.19. The zero-order valence-electron chi connectivity index (χ0n) is 8.65. The van der Waals surface area contributed by atoms with E-state index in [4.69, 9.17) is 21.3 Å². The van der Waals surface area contributed by atoms with Gasteiger partial charge in [0.1, 0.15) is 6.04 Å². The lowest BCUT2D eigenvalue weighted by atomic mass is 10.2. The molecule has 6 nitrogen and oxygen atoms in total. The van der Waals surface area contributed by atoms with Crippen molar-refractivity contribution >= 4 is 11.9 Å². The largest absolute Gasteiger partial charge is 0.480 e. The quantitative estimate of drug-likeness (QED) is 0.372. The van der Waals surface area contributed by atoms with Crippen molar-refractivity contribution in [2.75, 3.05) is 13.2 Å². The van der Waals surface area contributed by atoms with Crippen LogP contribution >= 0.6 is 0 Å². The first-order chi connectivity index (χ1) is 7.07. The minimum absolute atomic E-state index is 0.285. The lowest BCUT2D eigenvalue weighted by Crippen LogP contribution is -2.33. The molecule has 0 saturated carbocycles. The first-order valence-electron chi connectivity index (χ1n) is 4.92. The average Bonchev–Trinajstić information content (AvgIpc) is 2.17. The molecule has 6 heteroatoms. The molecule has 0 bridgehead atoms. The predicted octanol–water partition coefficient (Wildman–Crippen LogP) is -0.539. The van der Waals surface area contributed by atoms with Gasteiger partial charge in [-0.2, -0.15) is 0 Å². The number of hydrogen-bond acceptors (Lipinski definition) is 5. The Morgan fingerprint density at radius 2 is 1.93 bits per heavy atom. The molecule has 0 spiro atoms. The topological polar surface area (TPSA) is 116 Å². The molecule has 0 aromatic rings. The summed E-state index contributed by atoms with van der Waals surface area (Å²) in [4.78, 5) is 21.3. The van der Waals surface area contributed by atoms with Gasteiger partial charge in [-0.05, 0) is 25.8 Å². The molecule has 5 N–H and O–H groups in total. The third-order valence-corrected chi connectivity index (χ3v) is 1.82. The molecule has 0 aromatic carbocycles. The number of ether oxygens (including phenoxy) is 1. The Morgan fingerprint density at radius 3 is 2.47 bits per heavy atom. The van der Waals surface area contributed by atoms with E-state index in [1.54, 1.807) is 0 Å². The normalized spacial score (nSPS) is 12.1. The molecule has 15 heavy (non-hydrogen) atoms. The summed E-state index contributed by atoms with van der Waals surface area (Å²) in [6, 6.07) is -1.18. The van der Waals surface area contributed by atoms with Gasteiger partial charge in [0.25, 0.3) is 0 Å². The van der Waals surface area contributed by atoms with E-state index in [0.29, 0.717) is 13.2 Å². The monoisotopic (exact) mass is 218 g/mol. The van der Waals surface area contributed by atoms with Crippen LogP contribution in [0.25, 0.3) is 0 Å². The highest BCUT2D eigenvalue weighted by Crippen LogP contribution is 1.97. The third kappa shape index (κ3) is 7.90. The van der Waals surface area contributed by atoms with E-state index in [0.717, 1.165) is 19.3 Å². The number of nitrogens with two attached hydrogens (primary N) is 2. The minimum Gasteiger partial charge on any atom is -0.480 e. The summed E-state index contributed by atoms with van der Waals surface area (Å²) in [6.07, 6.45) is 2.25. The fourth-order valence-electron chi connectivity index (χ4n) is 0.935. The van der Waals surface area contributed by atoms with Gasteiger partial charge in [0, 0.05) is 0 Å². The van der Waals surface area contributed by atoms with Crippen molar-refractivity contribution < 1.29 is 19.4 Å². The number of unbranched alkanes of at least 4 members (excludes halogenated alkanes) is 2. The molecule has 88 valence electrons. The summed E-state index contributed by atoms with van der Waals surface area (Å²) in [5, 5.41) is 8.43. The van der Waals surface area contributed by atoms with Crippen LogP contribution < -0.4 is 11.5 Å². The van der Waals surface area contributed by atoms with E-state index in [2.05, 4.69) is 0 Å². The maximum atomic E-state index is 11.0. The van der Waals surface area contributed by atoms with Crippen molar-refractivity contribution in [3.05, 3.63) is 0 Å². The molecule has 0 unspecified atom stereocenters. The molecule has 0 fully saturated rings. The Bertz CT molecular complexity index is 208. The molecular formula is C9H18N2O4. The van der Waals surface area contributed by atoms with E-state index < -0.39 is 18.0 Å². The summed E-state index contributed by atoms with van der Waals surface area (Å²) >= 11 is 0. The maximum Gasteiger partial charge on any atom is 0.321 e. The van der Waals surface area contributed by atoms with E-state index in [9.17, 15) is 9.59 Å². The number of aliphatic carboxylic acids is 1. The zero-order valence-corrected chi connectivity index (χ0v) is 8.65. The Hall–Kier alpha value is -1.14. The second-order valence-corrected chi connectivity index (χ2v) is 3.22. The van der Waals surface area contributed by atoms with Crippen molar-refractivity contribution in [2.45, 2.75) is 31.7 Å². The number of carboxylic acids is 1. The molecule has 0 amide bonds. The van der Waals surface area contributed by atoms with Crippen LogP contribution in [0.4, 0.5) is 0 Å². The maximum absolute atomic E-state index is 11.0. The van der Waals surface area contributed by atoms with Crippen molar-refractivity contribution in [1.82, 2.24) is 0 Å². The number of hydrogen-bond donors (Lipinski definition) is 3. The number of carbonyl (C=O) groups excluding carboxylic acids is 1. The molecule has 0 radical (unpaired) electrons. The molecule has 0 rings (SSSR count). The summed E-state index contributed by atoms with van der Waals surface area (Å²) in [5.74, 6) is -1.77. The molecule has 0 aliphatic heterocycles. The number of esters is 1. The first kappa shape index (κ1) is 13.9. The Morgan fingerprint density at radius 1 is 1.27 bits per heavy atom. The van der Waals surface area contributed by atoms with Gasteiger partial charge in [-0.25, -0.2) is 0 Å². The minimum atomic E-state index is -1.20. The lowest BCUT2D eigenvalue weighted by molar-refractivity contribution is -0.148. The van der Waals surface area contributed by atoms with Gasteiger partial charge in [0.05, 0.1) is 13.0 Å². The third-order valence-electron chi connectivity index (χ3n) is 1.82. The van der Waals surface area contributed by atoms with Crippen LogP contribution in [0.1, 0.15) is 25.7 Å². The zero-order chi connectivity index (χ0) is 11.7. The van der Waals surface area contributed by atoms with Crippen LogP contribution in [0.2, 0.25) is 0 Å². The highest BCUT2D eigenvalue weighted by Gasteiger charge is 2.16. The highest BCUT2D eigenvalue weighted by molar-refractivity contribution is 5.81. The van der Waals surface area contributed by atoms with Crippen LogP contribution in [-0.2, 0) is 14.3 Å². The van der Waals surface area contributed by atoms with Crippen molar-refractivity contribution in [3.63, 3.8) is 0 Å². The first-order valence-corrected chi connectivity index (χ1v) is 4.92. The highest BCUT2D eigenvalue weighted by atomic mass is 16.5. The fraction of sp³-hybridized carbons (Fsp3) is 0.778. The number of carbonyl (C=O) groups is 2. The average molecular weight is 218 g/mol. The summed E-state index contributed by atoms with van der Waals surface area (Å²) in [7, 11) is 0. The van der Waals surface area contributed by atoms with E-state index in [1.807, 2.05) is 0 Å². The molecule has 0 heterocycles. The molecule has 0 aliphatic rings. The van der Waals surface area contributed by atoms with Crippen LogP contribution in [0.5, 0.6) is 0 Å². The molecule has 0 aromatic heterocycles. The van der Waals surface area contributed by atoms with Gasteiger partial charge in [-0.3, -0.25) is 9.59 Å². The van der Waals surface area contributed by atoms with Crippen molar-refractivity contribution in [2.24, 2.45) is 11.5 Å². The van der Waals surface area contributed by atoms with Crippen LogP contribution in [-0.4, -0.2) is 36.2 Å². The van der Waals surface area contributed by atoms with Gasteiger partial charge in [-0.1, -0.05) is 0 Å². The Labute approximate surface area is 88.6 Å². The molecule has 0 saturated heterocycles. The van der Waals surface area contributed by atoms with Gasteiger partial charge in [0.2, 0.25) is 0 Å². The van der Waals surface area contributed by atoms with Crippen LogP contribution in [0, 0.1) is 0 Å². The number of rotatable bonds is 8. The van der Waals surface area contributed by atoms with E-state index in [-0.39, 0.29) is 6.42 Å². The second-order valence-electron chi connectivity index (χ2n) is 3.22. The van der Waals surface area contributed by atoms with Crippen LogP contribution in [0.3, 0.4) is 0 Å². The molecular weight excluding hydrogens is 200 g/mol. The lowest BCUT2D eigenvalue weighted by Gasteiger charge is -2.06. The van der Waals surface area contributed by atoms with E-state index >= 15 is 0 Å². The molecule has 1 atom stereocenters. The summed E-state index contributed by atoms with van der Waals surface area (Å²) < 4.78 is 4.79. The Kier molecular flexibility index (Phi) is 7.57. The van der Waals surface area contributed by atoms with Gasteiger partial charge in [0.15, 0.2) is 0 Å². The van der Waals surface area contributed by atoms with E-state index in [1.165, 1.54) is 0 Å². The van der Waals surface area contributed by atoms with Gasteiger partial charge < -0.3 is 21.3 Å². The SMILES string of the molecule is NCCCCCOC(=O)C[C@H](N)C(=O)O.